The number of hydrogen-bond acceptors (Lipinski definition) is 5. The second-order valence-corrected chi connectivity index (χ2v) is 8.03. The highest BCUT2D eigenvalue weighted by Crippen LogP contribution is 2.32. The molecule has 1 unspecified atom stereocenters. The van der Waals surface area contributed by atoms with Gasteiger partial charge in [-0.3, -0.25) is 0 Å². The number of thiophene rings is 1. The number of hydrogen-bond donors (Lipinski definition) is 1. The summed E-state index contributed by atoms with van der Waals surface area (Å²) >= 11 is 5.70. The molecule has 0 radical (unpaired) electrons. The number of aromatic nitrogens is 2. The minimum Gasteiger partial charge on any atom is -0.307 e. The first kappa shape index (κ1) is 14.1. The zero-order valence-electron chi connectivity index (χ0n) is 10.7. The molecule has 0 spiro atoms. The standard InChI is InChI=1S/C14H12IN3S2/c1-16-12(9-5-3-2-4-6-9)14-18-17-13(20-14)10-7-11(15)19-8-10/h2-8,12,16H,1H3. The Kier molecular flexibility index (Phi) is 4.45. The molecule has 6 heteroatoms. The van der Waals surface area contributed by atoms with Gasteiger partial charge in [0.2, 0.25) is 0 Å². The first-order valence-electron chi connectivity index (χ1n) is 6.08. The van der Waals surface area contributed by atoms with Gasteiger partial charge in [0, 0.05) is 10.9 Å². The fourth-order valence-electron chi connectivity index (χ4n) is 1.97. The van der Waals surface area contributed by atoms with Crippen molar-refractivity contribution in [2.45, 2.75) is 6.04 Å². The molecule has 3 aromatic rings. The van der Waals surface area contributed by atoms with Crippen LogP contribution in [0.1, 0.15) is 16.6 Å². The number of benzene rings is 1. The molecule has 2 aromatic heterocycles. The highest BCUT2D eigenvalue weighted by Gasteiger charge is 2.17. The monoisotopic (exact) mass is 413 g/mol. The van der Waals surface area contributed by atoms with E-state index < -0.39 is 0 Å². The quantitative estimate of drug-likeness (QED) is 0.653. The van der Waals surface area contributed by atoms with Crippen LogP contribution in [0.5, 0.6) is 0 Å². The Labute approximate surface area is 139 Å². The summed E-state index contributed by atoms with van der Waals surface area (Å²) in [5.74, 6) is 0. The van der Waals surface area contributed by atoms with Gasteiger partial charge in [-0.05, 0) is 41.3 Å². The maximum atomic E-state index is 4.36. The molecule has 0 aliphatic carbocycles. The van der Waals surface area contributed by atoms with Gasteiger partial charge < -0.3 is 5.32 Å². The van der Waals surface area contributed by atoms with Gasteiger partial charge in [0.15, 0.2) is 0 Å². The lowest BCUT2D eigenvalue weighted by Gasteiger charge is -2.12. The fourth-order valence-corrected chi connectivity index (χ4v) is 4.34. The van der Waals surface area contributed by atoms with E-state index in [0.29, 0.717) is 0 Å². The first-order valence-corrected chi connectivity index (χ1v) is 8.85. The summed E-state index contributed by atoms with van der Waals surface area (Å²) in [5, 5.41) is 16.1. The van der Waals surface area contributed by atoms with Crippen molar-refractivity contribution in [1.82, 2.24) is 15.5 Å². The van der Waals surface area contributed by atoms with Crippen molar-refractivity contribution in [2.24, 2.45) is 0 Å². The lowest BCUT2D eigenvalue weighted by Crippen LogP contribution is -2.17. The van der Waals surface area contributed by atoms with Crippen LogP contribution in [0, 0.1) is 2.88 Å². The van der Waals surface area contributed by atoms with Crippen LogP contribution in [0.4, 0.5) is 0 Å². The van der Waals surface area contributed by atoms with Crippen molar-refractivity contribution in [1.29, 1.82) is 0 Å². The molecule has 0 saturated heterocycles. The summed E-state index contributed by atoms with van der Waals surface area (Å²) in [4.78, 5) is 0. The van der Waals surface area contributed by atoms with E-state index in [1.165, 1.54) is 8.45 Å². The topological polar surface area (TPSA) is 37.8 Å². The Morgan fingerprint density at radius 2 is 2.00 bits per heavy atom. The third-order valence-electron chi connectivity index (χ3n) is 2.92. The molecule has 0 aliphatic rings. The number of rotatable bonds is 4. The van der Waals surface area contributed by atoms with Gasteiger partial charge in [-0.15, -0.1) is 21.5 Å². The van der Waals surface area contributed by atoms with Gasteiger partial charge in [0.1, 0.15) is 10.0 Å². The van der Waals surface area contributed by atoms with Crippen LogP contribution in [0.15, 0.2) is 41.8 Å². The van der Waals surface area contributed by atoms with Crippen molar-refractivity contribution in [3.8, 4) is 10.6 Å². The van der Waals surface area contributed by atoms with Crippen molar-refractivity contribution in [3.05, 3.63) is 55.2 Å². The van der Waals surface area contributed by atoms with E-state index in [4.69, 9.17) is 0 Å². The van der Waals surface area contributed by atoms with Crippen LogP contribution < -0.4 is 5.32 Å². The molecule has 1 aromatic carbocycles. The zero-order chi connectivity index (χ0) is 13.9. The Bertz CT molecular complexity index is 693. The number of nitrogens with zero attached hydrogens (tertiary/aromatic N) is 2. The van der Waals surface area contributed by atoms with Gasteiger partial charge in [-0.25, -0.2) is 0 Å². The fraction of sp³-hybridized carbons (Fsp3) is 0.143. The molecule has 3 nitrogen and oxygen atoms in total. The van der Waals surface area contributed by atoms with Gasteiger partial charge in [0.05, 0.1) is 8.93 Å². The summed E-state index contributed by atoms with van der Waals surface area (Å²) in [6, 6.07) is 12.6. The number of nitrogens with one attached hydrogen (secondary N) is 1. The zero-order valence-corrected chi connectivity index (χ0v) is 14.5. The van der Waals surface area contributed by atoms with Crippen molar-refractivity contribution < 1.29 is 0 Å². The Balaban J connectivity index is 1.92. The molecule has 1 atom stereocenters. The van der Waals surface area contributed by atoms with E-state index >= 15 is 0 Å². The van der Waals surface area contributed by atoms with Crippen LogP contribution in [0.25, 0.3) is 10.6 Å². The maximum absolute atomic E-state index is 4.36. The van der Waals surface area contributed by atoms with Crippen LogP contribution >= 0.6 is 45.3 Å². The normalized spacial score (nSPS) is 12.5. The highest BCUT2D eigenvalue weighted by molar-refractivity contribution is 14.1. The van der Waals surface area contributed by atoms with E-state index in [1.54, 1.807) is 22.7 Å². The molecule has 20 heavy (non-hydrogen) atoms. The minimum absolute atomic E-state index is 0.0974. The summed E-state index contributed by atoms with van der Waals surface area (Å²) < 4.78 is 1.27. The Morgan fingerprint density at radius 3 is 2.65 bits per heavy atom. The van der Waals surface area contributed by atoms with Gasteiger partial charge >= 0.3 is 0 Å². The molecule has 0 aliphatic heterocycles. The second-order valence-electron chi connectivity index (χ2n) is 4.22. The first-order chi connectivity index (χ1) is 9.78. The van der Waals surface area contributed by atoms with Crippen molar-refractivity contribution in [2.75, 3.05) is 7.05 Å². The van der Waals surface area contributed by atoms with E-state index in [1.807, 2.05) is 25.2 Å². The molecular formula is C14H12IN3S2. The predicted octanol–water partition coefficient (Wildman–Crippen LogP) is 4.18. The Hall–Kier alpha value is -0.830. The summed E-state index contributed by atoms with van der Waals surface area (Å²) in [7, 11) is 1.95. The van der Waals surface area contributed by atoms with E-state index in [0.717, 1.165) is 15.6 Å². The van der Waals surface area contributed by atoms with Crippen molar-refractivity contribution >= 4 is 45.3 Å². The second kappa shape index (κ2) is 6.30. The molecule has 0 bridgehead atoms. The molecular weight excluding hydrogens is 401 g/mol. The lowest BCUT2D eigenvalue weighted by molar-refractivity contribution is 0.678. The largest absolute Gasteiger partial charge is 0.307 e. The molecule has 0 amide bonds. The van der Waals surface area contributed by atoms with Crippen LogP contribution in [-0.2, 0) is 0 Å². The van der Waals surface area contributed by atoms with E-state index in [-0.39, 0.29) is 6.04 Å². The van der Waals surface area contributed by atoms with E-state index in [9.17, 15) is 0 Å². The van der Waals surface area contributed by atoms with Crippen LogP contribution in [0.3, 0.4) is 0 Å². The van der Waals surface area contributed by atoms with Gasteiger partial charge in [0.25, 0.3) is 0 Å². The SMILES string of the molecule is CNC(c1ccccc1)c1nnc(-c2csc(I)c2)s1. The predicted molar refractivity (Wildman–Crippen MR) is 93.3 cm³/mol. The maximum Gasteiger partial charge on any atom is 0.148 e. The Morgan fingerprint density at radius 1 is 1.20 bits per heavy atom. The van der Waals surface area contributed by atoms with Crippen LogP contribution in [0.2, 0.25) is 0 Å². The highest BCUT2D eigenvalue weighted by atomic mass is 127. The minimum atomic E-state index is 0.0974. The third kappa shape index (κ3) is 2.93. The molecule has 1 N–H and O–H groups in total. The van der Waals surface area contributed by atoms with Crippen LogP contribution in [-0.4, -0.2) is 17.2 Å². The van der Waals surface area contributed by atoms with E-state index in [2.05, 4.69) is 61.7 Å². The van der Waals surface area contributed by atoms with Gasteiger partial charge in [-0.1, -0.05) is 41.7 Å². The lowest BCUT2D eigenvalue weighted by atomic mass is 10.1. The average Bonchev–Trinajstić information content (AvgIpc) is 3.10. The smallest absolute Gasteiger partial charge is 0.148 e. The number of halogens is 1. The average molecular weight is 413 g/mol. The molecule has 0 saturated carbocycles. The summed E-state index contributed by atoms with van der Waals surface area (Å²) in [6.45, 7) is 0. The van der Waals surface area contributed by atoms with Crippen molar-refractivity contribution in [3.63, 3.8) is 0 Å². The third-order valence-corrected chi connectivity index (χ3v) is 5.75. The summed E-state index contributed by atoms with van der Waals surface area (Å²) in [6.07, 6.45) is 0. The molecule has 0 fully saturated rings. The molecule has 3 rings (SSSR count). The van der Waals surface area contributed by atoms with Gasteiger partial charge in [-0.2, -0.15) is 0 Å². The molecule has 102 valence electrons. The molecule has 2 heterocycles. The summed E-state index contributed by atoms with van der Waals surface area (Å²) in [5.41, 5.74) is 2.36.